The maximum Gasteiger partial charge on any atom is 0.316 e. The van der Waals surface area contributed by atoms with Crippen molar-refractivity contribution in [3.8, 4) is 0 Å². The first-order chi connectivity index (χ1) is 7.54. The summed E-state index contributed by atoms with van der Waals surface area (Å²) in [4.78, 5) is 13.0. The Balaban J connectivity index is 2.55. The second kappa shape index (κ2) is 5.45. The number of nitrogens with zero attached hydrogens (tertiary/aromatic N) is 3. The fraction of sp³-hybridized carbons (Fsp3) is 0.667. The van der Waals surface area contributed by atoms with Gasteiger partial charge >= 0.3 is 6.01 Å². The van der Waals surface area contributed by atoms with Crippen molar-refractivity contribution in [2.75, 3.05) is 26.0 Å². The first kappa shape index (κ1) is 12.4. The van der Waals surface area contributed by atoms with Crippen molar-refractivity contribution >= 4 is 11.9 Å². The van der Waals surface area contributed by atoms with Crippen molar-refractivity contribution in [2.45, 2.75) is 19.4 Å². The zero-order valence-electron chi connectivity index (χ0n) is 9.73. The predicted molar refractivity (Wildman–Crippen MR) is 58.8 cm³/mol. The number of likely N-dealkylation sites (N-methyl/N-ethyl adjacent to an activating group) is 1. The molecule has 1 aromatic rings. The van der Waals surface area contributed by atoms with Crippen LogP contribution in [0.4, 0.5) is 6.01 Å². The lowest BCUT2D eigenvalue weighted by molar-refractivity contribution is -0.129. The molecule has 0 aliphatic heterocycles. The highest BCUT2D eigenvalue weighted by atomic mass is 16.4. The molecule has 90 valence electrons. The maximum atomic E-state index is 11.5. The number of nitrogens with one attached hydrogen (secondary N) is 1. The number of amides is 1. The van der Waals surface area contributed by atoms with E-state index in [0.717, 1.165) is 0 Å². The zero-order valence-corrected chi connectivity index (χ0v) is 9.73. The standard InChI is InChI=1S/C9H17N5O2/c1-6(8(15)14(2)3)11-9-13-12-7(16-9)4-5-10/h6H,4-5,10H2,1-3H3,(H,11,13). The molecule has 0 radical (unpaired) electrons. The Bertz CT molecular complexity index is 349. The Morgan fingerprint density at radius 2 is 2.25 bits per heavy atom. The number of carbonyl (C=O) groups excluding carboxylic acids is 1. The Kier molecular flexibility index (Phi) is 4.24. The highest BCUT2D eigenvalue weighted by Crippen LogP contribution is 2.07. The number of nitrogens with two attached hydrogens (primary N) is 1. The van der Waals surface area contributed by atoms with Gasteiger partial charge in [0.25, 0.3) is 0 Å². The third-order valence-electron chi connectivity index (χ3n) is 1.98. The summed E-state index contributed by atoms with van der Waals surface area (Å²) in [7, 11) is 3.38. The first-order valence-electron chi connectivity index (χ1n) is 5.04. The van der Waals surface area contributed by atoms with Gasteiger partial charge < -0.3 is 20.4 Å². The molecule has 1 aromatic heterocycles. The first-order valence-corrected chi connectivity index (χ1v) is 5.04. The van der Waals surface area contributed by atoms with E-state index in [1.165, 1.54) is 4.90 Å². The topological polar surface area (TPSA) is 97.3 Å². The number of carbonyl (C=O) groups is 1. The van der Waals surface area contributed by atoms with Gasteiger partial charge in [0.05, 0.1) is 0 Å². The lowest BCUT2D eigenvalue weighted by Crippen LogP contribution is -2.36. The minimum Gasteiger partial charge on any atom is -0.408 e. The Labute approximate surface area is 94.0 Å². The van der Waals surface area contributed by atoms with Gasteiger partial charge in [-0.3, -0.25) is 4.79 Å². The average molecular weight is 227 g/mol. The van der Waals surface area contributed by atoms with E-state index in [2.05, 4.69) is 15.5 Å². The summed E-state index contributed by atoms with van der Waals surface area (Å²) >= 11 is 0. The normalized spacial score (nSPS) is 12.2. The quantitative estimate of drug-likeness (QED) is 0.701. The fourth-order valence-corrected chi connectivity index (χ4v) is 1.17. The van der Waals surface area contributed by atoms with Crippen LogP contribution in [-0.2, 0) is 11.2 Å². The molecule has 1 rings (SSSR count). The molecule has 0 saturated carbocycles. The molecule has 1 heterocycles. The van der Waals surface area contributed by atoms with E-state index >= 15 is 0 Å². The summed E-state index contributed by atoms with van der Waals surface area (Å²) in [6.07, 6.45) is 0.532. The molecular formula is C9H17N5O2. The lowest BCUT2D eigenvalue weighted by Gasteiger charge is -2.16. The molecule has 7 nitrogen and oxygen atoms in total. The molecule has 1 atom stereocenters. The molecule has 1 unspecified atom stereocenters. The minimum absolute atomic E-state index is 0.0569. The molecule has 0 aliphatic rings. The van der Waals surface area contributed by atoms with E-state index < -0.39 is 6.04 Å². The van der Waals surface area contributed by atoms with Gasteiger partial charge in [0.15, 0.2) is 0 Å². The van der Waals surface area contributed by atoms with Crippen LogP contribution in [0.2, 0.25) is 0 Å². The van der Waals surface area contributed by atoms with Gasteiger partial charge in [-0.15, -0.1) is 5.10 Å². The fourth-order valence-electron chi connectivity index (χ4n) is 1.17. The molecule has 0 aliphatic carbocycles. The van der Waals surface area contributed by atoms with Gasteiger partial charge in [0.2, 0.25) is 11.8 Å². The van der Waals surface area contributed by atoms with Crippen molar-refractivity contribution < 1.29 is 9.21 Å². The third kappa shape index (κ3) is 3.20. The smallest absolute Gasteiger partial charge is 0.316 e. The molecule has 16 heavy (non-hydrogen) atoms. The van der Waals surface area contributed by atoms with Gasteiger partial charge in [0, 0.05) is 27.1 Å². The Morgan fingerprint density at radius 1 is 1.56 bits per heavy atom. The van der Waals surface area contributed by atoms with E-state index in [1.54, 1.807) is 21.0 Å². The van der Waals surface area contributed by atoms with Crippen LogP contribution in [0.15, 0.2) is 4.42 Å². The highest BCUT2D eigenvalue weighted by molar-refractivity contribution is 5.83. The molecule has 1 amide bonds. The Hall–Kier alpha value is -1.63. The number of hydrogen-bond donors (Lipinski definition) is 2. The molecule has 3 N–H and O–H groups in total. The molecule has 0 saturated heterocycles. The molecule has 0 aromatic carbocycles. The zero-order chi connectivity index (χ0) is 12.1. The summed E-state index contributed by atoms with van der Waals surface area (Å²) in [5, 5.41) is 10.4. The number of rotatable bonds is 5. The lowest BCUT2D eigenvalue weighted by atomic mass is 10.3. The van der Waals surface area contributed by atoms with Gasteiger partial charge in [-0.1, -0.05) is 5.10 Å². The van der Waals surface area contributed by atoms with Gasteiger partial charge in [-0.25, -0.2) is 0 Å². The van der Waals surface area contributed by atoms with E-state index in [-0.39, 0.29) is 11.9 Å². The number of aromatic nitrogens is 2. The SMILES string of the molecule is CC(Nc1nnc(CCN)o1)C(=O)N(C)C. The van der Waals surface area contributed by atoms with Crippen LogP contribution < -0.4 is 11.1 Å². The van der Waals surface area contributed by atoms with Crippen LogP contribution >= 0.6 is 0 Å². The molecule has 0 fully saturated rings. The van der Waals surface area contributed by atoms with Crippen molar-refractivity contribution in [3.05, 3.63) is 5.89 Å². The molecular weight excluding hydrogens is 210 g/mol. The largest absolute Gasteiger partial charge is 0.408 e. The second-order valence-electron chi connectivity index (χ2n) is 3.64. The van der Waals surface area contributed by atoms with Gasteiger partial charge in [-0.2, -0.15) is 0 Å². The monoisotopic (exact) mass is 227 g/mol. The van der Waals surface area contributed by atoms with Crippen LogP contribution in [-0.4, -0.2) is 47.7 Å². The summed E-state index contributed by atoms with van der Waals surface area (Å²) in [5.74, 6) is 0.410. The summed E-state index contributed by atoms with van der Waals surface area (Å²) in [5.41, 5.74) is 5.35. The highest BCUT2D eigenvalue weighted by Gasteiger charge is 2.17. The molecule has 0 spiro atoms. The van der Waals surface area contributed by atoms with Crippen LogP contribution in [0.5, 0.6) is 0 Å². The second-order valence-corrected chi connectivity index (χ2v) is 3.64. The van der Waals surface area contributed by atoms with E-state index in [9.17, 15) is 4.79 Å². The van der Waals surface area contributed by atoms with E-state index in [0.29, 0.717) is 18.9 Å². The van der Waals surface area contributed by atoms with Crippen molar-refractivity contribution in [1.29, 1.82) is 0 Å². The summed E-state index contributed by atoms with van der Waals surface area (Å²) in [6, 6.07) is -0.160. The maximum absolute atomic E-state index is 11.5. The van der Waals surface area contributed by atoms with Crippen LogP contribution in [0, 0.1) is 0 Å². The number of hydrogen-bond acceptors (Lipinski definition) is 6. The molecule has 7 heteroatoms. The van der Waals surface area contributed by atoms with Crippen LogP contribution in [0.3, 0.4) is 0 Å². The average Bonchev–Trinajstić information content (AvgIpc) is 2.65. The van der Waals surface area contributed by atoms with Crippen molar-refractivity contribution in [3.63, 3.8) is 0 Å². The van der Waals surface area contributed by atoms with Gasteiger partial charge in [0.1, 0.15) is 6.04 Å². The number of anilines is 1. The van der Waals surface area contributed by atoms with Crippen LogP contribution in [0.25, 0.3) is 0 Å². The Morgan fingerprint density at radius 3 is 2.81 bits per heavy atom. The minimum atomic E-state index is -0.402. The van der Waals surface area contributed by atoms with E-state index in [4.69, 9.17) is 10.2 Å². The predicted octanol–water partition coefficient (Wildman–Crippen LogP) is -0.541. The summed E-state index contributed by atoms with van der Waals surface area (Å²) in [6.45, 7) is 2.18. The van der Waals surface area contributed by atoms with Crippen LogP contribution in [0.1, 0.15) is 12.8 Å². The summed E-state index contributed by atoms with van der Waals surface area (Å²) < 4.78 is 5.24. The van der Waals surface area contributed by atoms with Gasteiger partial charge in [-0.05, 0) is 6.92 Å². The third-order valence-corrected chi connectivity index (χ3v) is 1.98. The molecule has 0 bridgehead atoms. The van der Waals surface area contributed by atoms with Crippen molar-refractivity contribution in [1.82, 2.24) is 15.1 Å². The van der Waals surface area contributed by atoms with Crippen molar-refractivity contribution in [2.24, 2.45) is 5.73 Å². The van der Waals surface area contributed by atoms with E-state index in [1.807, 2.05) is 0 Å².